The Morgan fingerprint density at radius 1 is 1.19 bits per heavy atom. The van der Waals surface area contributed by atoms with Crippen LogP contribution >= 0.6 is 0 Å². The molecule has 0 aliphatic carbocycles. The lowest BCUT2D eigenvalue weighted by Crippen LogP contribution is -2.23. The van der Waals surface area contributed by atoms with Gasteiger partial charge in [0.15, 0.2) is 0 Å². The van der Waals surface area contributed by atoms with Crippen LogP contribution in [0, 0.1) is 0 Å². The van der Waals surface area contributed by atoms with Gasteiger partial charge in [0.1, 0.15) is 11.5 Å². The Hall–Kier alpha value is -2.04. The minimum atomic E-state index is -0.663. The monoisotopic (exact) mass is 222 g/mol. The van der Waals surface area contributed by atoms with E-state index in [-0.39, 0.29) is 6.42 Å². The summed E-state index contributed by atoms with van der Waals surface area (Å²) in [6.45, 7) is 0. The Morgan fingerprint density at radius 2 is 1.94 bits per heavy atom. The molecule has 0 spiro atoms. The maximum atomic E-state index is 11.5. The minimum Gasteiger partial charge on any atom is -0.497 e. The number of carbonyl (C=O) groups excluding carboxylic acids is 2. The molecule has 0 amide bonds. The van der Waals surface area contributed by atoms with Gasteiger partial charge in [0.2, 0.25) is 0 Å². The highest BCUT2D eigenvalue weighted by atomic mass is 16.6. The van der Waals surface area contributed by atoms with Crippen LogP contribution in [-0.4, -0.2) is 26.2 Å². The lowest BCUT2D eigenvalue weighted by atomic mass is 10.0. The highest BCUT2D eigenvalue weighted by Gasteiger charge is 2.28. The standard InChI is InChI=1S/C11H10O5/c1-14-6-3-8-7(9(4-6)15-2)5-10(12)16-11(8)13/h3-4H,5H2,1-2H3. The van der Waals surface area contributed by atoms with Gasteiger partial charge in [-0.1, -0.05) is 0 Å². The van der Waals surface area contributed by atoms with Crippen LogP contribution in [-0.2, 0) is 16.0 Å². The van der Waals surface area contributed by atoms with Gasteiger partial charge in [-0.2, -0.15) is 0 Å². The van der Waals surface area contributed by atoms with Crippen LogP contribution in [0.4, 0.5) is 0 Å². The molecule has 0 fully saturated rings. The second kappa shape index (κ2) is 3.84. The van der Waals surface area contributed by atoms with E-state index >= 15 is 0 Å². The molecule has 0 N–H and O–H groups in total. The zero-order valence-electron chi connectivity index (χ0n) is 8.90. The van der Waals surface area contributed by atoms with Crippen LogP contribution in [0.25, 0.3) is 0 Å². The highest BCUT2D eigenvalue weighted by molar-refractivity contribution is 6.03. The first kappa shape index (κ1) is 10.5. The van der Waals surface area contributed by atoms with Crippen molar-refractivity contribution in [2.24, 2.45) is 0 Å². The first-order valence-corrected chi connectivity index (χ1v) is 4.65. The number of ether oxygens (including phenoxy) is 3. The van der Waals surface area contributed by atoms with Gasteiger partial charge in [-0.05, 0) is 6.07 Å². The zero-order chi connectivity index (χ0) is 11.7. The Labute approximate surface area is 91.9 Å². The lowest BCUT2D eigenvalue weighted by molar-refractivity contribution is -0.137. The molecule has 16 heavy (non-hydrogen) atoms. The van der Waals surface area contributed by atoms with E-state index < -0.39 is 11.9 Å². The molecule has 1 aliphatic heterocycles. The summed E-state index contributed by atoms with van der Waals surface area (Å²) in [4.78, 5) is 22.6. The molecule has 0 radical (unpaired) electrons. The van der Waals surface area contributed by atoms with Crippen molar-refractivity contribution in [1.29, 1.82) is 0 Å². The van der Waals surface area contributed by atoms with E-state index in [0.717, 1.165) is 0 Å². The third kappa shape index (κ3) is 1.60. The van der Waals surface area contributed by atoms with Crippen molar-refractivity contribution in [2.45, 2.75) is 6.42 Å². The predicted octanol–water partition coefficient (Wildman–Crippen LogP) is 0.943. The summed E-state index contributed by atoms with van der Waals surface area (Å²) >= 11 is 0. The van der Waals surface area contributed by atoms with Crippen LogP contribution in [0.1, 0.15) is 15.9 Å². The van der Waals surface area contributed by atoms with E-state index in [4.69, 9.17) is 9.47 Å². The first-order chi connectivity index (χ1) is 7.65. The molecular formula is C11H10O5. The molecule has 2 rings (SSSR count). The number of fused-ring (bicyclic) bond motifs is 1. The number of benzene rings is 1. The van der Waals surface area contributed by atoms with Crippen molar-refractivity contribution >= 4 is 11.9 Å². The Balaban J connectivity index is 2.60. The largest absolute Gasteiger partial charge is 0.497 e. The van der Waals surface area contributed by atoms with Gasteiger partial charge >= 0.3 is 11.9 Å². The lowest BCUT2D eigenvalue weighted by Gasteiger charge is -2.17. The predicted molar refractivity (Wildman–Crippen MR) is 53.7 cm³/mol. The fourth-order valence-corrected chi connectivity index (χ4v) is 1.62. The van der Waals surface area contributed by atoms with Gasteiger partial charge in [0.05, 0.1) is 26.2 Å². The quantitative estimate of drug-likeness (QED) is 0.550. The van der Waals surface area contributed by atoms with Gasteiger partial charge < -0.3 is 14.2 Å². The normalized spacial score (nSPS) is 14.1. The first-order valence-electron chi connectivity index (χ1n) is 4.65. The Morgan fingerprint density at radius 3 is 2.56 bits per heavy atom. The molecular weight excluding hydrogens is 212 g/mol. The topological polar surface area (TPSA) is 61.8 Å². The zero-order valence-corrected chi connectivity index (χ0v) is 8.90. The second-order valence-electron chi connectivity index (χ2n) is 3.29. The highest BCUT2D eigenvalue weighted by Crippen LogP contribution is 2.32. The van der Waals surface area contributed by atoms with E-state index in [1.165, 1.54) is 20.3 Å². The number of methoxy groups -OCH3 is 2. The van der Waals surface area contributed by atoms with Crippen molar-refractivity contribution in [2.75, 3.05) is 14.2 Å². The summed E-state index contributed by atoms with van der Waals surface area (Å²) < 4.78 is 14.7. The molecule has 84 valence electrons. The molecule has 0 atom stereocenters. The summed E-state index contributed by atoms with van der Waals surface area (Å²) in [6, 6.07) is 3.16. The van der Waals surface area contributed by atoms with E-state index in [9.17, 15) is 9.59 Å². The SMILES string of the molecule is COc1cc(OC)c2c(c1)C(=O)OC(=O)C2. The molecule has 1 aromatic carbocycles. The van der Waals surface area contributed by atoms with Crippen LogP contribution in [0.3, 0.4) is 0 Å². The second-order valence-corrected chi connectivity index (χ2v) is 3.29. The van der Waals surface area contributed by atoms with Gasteiger partial charge in [0, 0.05) is 11.6 Å². The van der Waals surface area contributed by atoms with Gasteiger partial charge in [-0.15, -0.1) is 0 Å². The maximum absolute atomic E-state index is 11.5. The average molecular weight is 222 g/mol. The van der Waals surface area contributed by atoms with Crippen molar-refractivity contribution in [3.05, 3.63) is 23.3 Å². The van der Waals surface area contributed by atoms with E-state index in [2.05, 4.69) is 4.74 Å². The minimum absolute atomic E-state index is 0.0360. The summed E-state index contributed by atoms with van der Waals surface area (Å²) in [5.74, 6) is -0.286. The molecule has 1 aromatic rings. The number of hydrogen-bond acceptors (Lipinski definition) is 5. The van der Waals surface area contributed by atoms with Crippen molar-refractivity contribution in [3.63, 3.8) is 0 Å². The van der Waals surface area contributed by atoms with Gasteiger partial charge in [0.25, 0.3) is 0 Å². The fraction of sp³-hybridized carbons (Fsp3) is 0.273. The van der Waals surface area contributed by atoms with Crippen LogP contribution in [0.2, 0.25) is 0 Å². The number of hydrogen-bond donors (Lipinski definition) is 0. The average Bonchev–Trinajstić information content (AvgIpc) is 2.28. The van der Waals surface area contributed by atoms with E-state index in [1.807, 2.05) is 0 Å². The van der Waals surface area contributed by atoms with Crippen LogP contribution in [0.15, 0.2) is 12.1 Å². The smallest absolute Gasteiger partial charge is 0.346 e. The summed E-state index contributed by atoms with van der Waals surface area (Å²) in [5, 5.41) is 0. The van der Waals surface area contributed by atoms with Crippen LogP contribution < -0.4 is 9.47 Å². The third-order valence-corrected chi connectivity index (χ3v) is 2.39. The molecule has 5 nitrogen and oxygen atoms in total. The molecule has 0 saturated heterocycles. The molecule has 0 aromatic heterocycles. The van der Waals surface area contributed by atoms with E-state index in [1.54, 1.807) is 6.07 Å². The summed E-state index contributed by atoms with van der Waals surface area (Å²) in [5.41, 5.74) is 0.861. The van der Waals surface area contributed by atoms with Gasteiger partial charge in [-0.25, -0.2) is 4.79 Å². The Kier molecular flexibility index (Phi) is 2.52. The summed E-state index contributed by atoms with van der Waals surface area (Å²) in [6.07, 6.45) is 0.0360. The molecule has 1 aliphatic rings. The van der Waals surface area contributed by atoms with Crippen molar-refractivity contribution in [3.8, 4) is 11.5 Å². The number of cyclic esters (lactones) is 2. The number of carbonyl (C=O) groups is 2. The third-order valence-electron chi connectivity index (χ3n) is 2.39. The number of esters is 2. The fourth-order valence-electron chi connectivity index (χ4n) is 1.62. The van der Waals surface area contributed by atoms with E-state index in [0.29, 0.717) is 22.6 Å². The number of rotatable bonds is 2. The van der Waals surface area contributed by atoms with Gasteiger partial charge in [-0.3, -0.25) is 4.79 Å². The van der Waals surface area contributed by atoms with Crippen molar-refractivity contribution < 1.29 is 23.8 Å². The summed E-state index contributed by atoms with van der Waals surface area (Å²) in [7, 11) is 2.96. The molecule has 5 heteroatoms. The molecule has 0 saturated carbocycles. The van der Waals surface area contributed by atoms with Crippen molar-refractivity contribution in [1.82, 2.24) is 0 Å². The molecule has 0 bridgehead atoms. The maximum Gasteiger partial charge on any atom is 0.346 e. The molecule has 0 unspecified atom stereocenters. The molecule has 1 heterocycles. The van der Waals surface area contributed by atoms with Crippen LogP contribution in [0.5, 0.6) is 11.5 Å². The Bertz CT molecular complexity index is 464.